The average Bonchev–Trinajstić information content (AvgIpc) is 3.43. The maximum Gasteiger partial charge on any atom is 0.266 e. The number of hydrogen-bond donors (Lipinski definition) is 0. The molecule has 0 saturated heterocycles. The maximum atomic E-state index is 13.9. The lowest BCUT2D eigenvalue weighted by Gasteiger charge is -2.23. The summed E-state index contributed by atoms with van der Waals surface area (Å²) in [5, 5.41) is 0. The van der Waals surface area contributed by atoms with E-state index in [1.54, 1.807) is 30.3 Å². The van der Waals surface area contributed by atoms with Gasteiger partial charge in [-0.05, 0) is 114 Å². The molecular formula is C39H38N2O5. The van der Waals surface area contributed by atoms with E-state index in [4.69, 9.17) is 4.74 Å². The summed E-state index contributed by atoms with van der Waals surface area (Å²) in [5.41, 5.74) is 10.3. The summed E-state index contributed by atoms with van der Waals surface area (Å²) in [6.45, 7) is 10.7. The van der Waals surface area contributed by atoms with E-state index in [2.05, 4.69) is 58.9 Å². The highest BCUT2D eigenvalue weighted by Gasteiger charge is 2.39. The molecular weight excluding hydrogens is 576 g/mol. The molecule has 0 saturated carbocycles. The minimum Gasteiger partial charge on any atom is -0.457 e. The number of carbonyl (C=O) groups excluding carboxylic acids is 4. The zero-order valence-electron chi connectivity index (χ0n) is 27.2. The summed E-state index contributed by atoms with van der Waals surface area (Å²) in [4.78, 5) is 54.8. The first kappa shape index (κ1) is 31.0. The Morgan fingerprint density at radius 1 is 0.543 bits per heavy atom. The van der Waals surface area contributed by atoms with Crippen LogP contribution in [0, 0.1) is 6.92 Å². The van der Waals surface area contributed by atoms with E-state index in [-0.39, 0.29) is 22.9 Å². The van der Waals surface area contributed by atoms with Crippen molar-refractivity contribution in [3.63, 3.8) is 0 Å². The van der Waals surface area contributed by atoms with Crippen LogP contribution < -0.4 is 9.64 Å². The van der Waals surface area contributed by atoms with Gasteiger partial charge in [0.15, 0.2) is 0 Å². The molecule has 0 unspecified atom stereocenters. The van der Waals surface area contributed by atoms with Crippen LogP contribution in [0.2, 0.25) is 0 Å². The van der Waals surface area contributed by atoms with Crippen molar-refractivity contribution in [3.8, 4) is 11.5 Å². The fraction of sp³-hybridized carbons (Fsp3) is 0.282. The van der Waals surface area contributed by atoms with Gasteiger partial charge >= 0.3 is 0 Å². The molecule has 4 amide bonds. The average molecular weight is 615 g/mol. The molecule has 6 rings (SSSR count). The fourth-order valence-electron chi connectivity index (χ4n) is 6.77. The zero-order chi connectivity index (χ0) is 32.9. The Kier molecular flexibility index (Phi) is 8.11. The SMILES string of the molecule is CCc1cc(Cc2cc(CC)c(N3C(=O)c4ccc(Oc5ccc6c(c5)C(=O)N(C)C6=O)cc4C3=O)c(CC)c2)cc(CC)c1C. The van der Waals surface area contributed by atoms with E-state index in [1.807, 2.05) is 0 Å². The largest absolute Gasteiger partial charge is 0.457 e. The van der Waals surface area contributed by atoms with Crippen molar-refractivity contribution in [2.75, 3.05) is 11.9 Å². The van der Waals surface area contributed by atoms with E-state index < -0.39 is 11.8 Å². The summed E-state index contributed by atoms with van der Waals surface area (Å²) < 4.78 is 6.01. The van der Waals surface area contributed by atoms with Crippen LogP contribution in [0.15, 0.2) is 60.7 Å². The van der Waals surface area contributed by atoms with Crippen molar-refractivity contribution in [2.24, 2.45) is 0 Å². The number of rotatable bonds is 9. The van der Waals surface area contributed by atoms with E-state index in [9.17, 15) is 19.2 Å². The van der Waals surface area contributed by atoms with E-state index in [0.29, 0.717) is 41.2 Å². The van der Waals surface area contributed by atoms with Gasteiger partial charge in [-0.1, -0.05) is 52.0 Å². The lowest BCUT2D eigenvalue weighted by Crippen LogP contribution is -2.31. The van der Waals surface area contributed by atoms with Crippen LogP contribution in [0.5, 0.6) is 11.5 Å². The number of amides is 4. The second-order valence-electron chi connectivity index (χ2n) is 12.0. The van der Waals surface area contributed by atoms with Crippen molar-refractivity contribution in [2.45, 2.75) is 66.7 Å². The van der Waals surface area contributed by atoms with Crippen molar-refractivity contribution < 1.29 is 23.9 Å². The molecule has 2 heterocycles. The summed E-state index contributed by atoms with van der Waals surface area (Å²) in [5.74, 6) is -0.790. The molecule has 4 aromatic rings. The highest BCUT2D eigenvalue weighted by Crippen LogP contribution is 2.38. The van der Waals surface area contributed by atoms with Crippen LogP contribution in [0.1, 0.15) is 108 Å². The predicted octanol–water partition coefficient (Wildman–Crippen LogP) is 7.65. The Bertz CT molecular complexity index is 1910. The molecule has 0 bridgehead atoms. The summed E-state index contributed by atoms with van der Waals surface area (Å²) in [6, 6.07) is 18.4. The second kappa shape index (κ2) is 12.0. The van der Waals surface area contributed by atoms with Gasteiger partial charge in [-0.15, -0.1) is 0 Å². The Morgan fingerprint density at radius 3 is 1.46 bits per heavy atom. The number of hydrogen-bond acceptors (Lipinski definition) is 5. The molecule has 7 nitrogen and oxygen atoms in total. The van der Waals surface area contributed by atoms with Crippen LogP contribution in [0.3, 0.4) is 0 Å². The van der Waals surface area contributed by atoms with Gasteiger partial charge in [-0.2, -0.15) is 0 Å². The highest BCUT2D eigenvalue weighted by molar-refractivity contribution is 6.35. The molecule has 0 atom stereocenters. The maximum absolute atomic E-state index is 13.9. The van der Waals surface area contributed by atoms with Crippen LogP contribution in [-0.2, 0) is 32.1 Å². The first-order valence-corrected chi connectivity index (χ1v) is 16.0. The third kappa shape index (κ3) is 5.10. The topological polar surface area (TPSA) is 84.0 Å². The van der Waals surface area contributed by atoms with E-state index >= 15 is 0 Å². The Morgan fingerprint density at radius 2 is 0.957 bits per heavy atom. The van der Waals surface area contributed by atoms with Gasteiger partial charge in [-0.25, -0.2) is 4.90 Å². The number of carbonyl (C=O) groups is 4. The molecule has 4 aromatic carbocycles. The van der Waals surface area contributed by atoms with Gasteiger partial charge in [0.25, 0.3) is 23.6 Å². The quantitative estimate of drug-likeness (QED) is 0.181. The van der Waals surface area contributed by atoms with Gasteiger partial charge in [0.1, 0.15) is 11.5 Å². The van der Waals surface area contributed by atoms with Gasteiger partial charge < -0.3 is 4.74 Å². The first-order valence-electron chi connectivity index (χ1n) is 16.0. The van der Waals surface area contributed by atoms with Crippen molar-refractivity contribution in [1.82, 2.24) is 4.90 Å². The van der Waals surface area contributed by atoms with Crippen molar-refractivity contribution in [3.05, 3.63) is 122 Å². The zero-order valence-corrected chi connectivity index (χ0v) is 27.2. The van der Waals surface area contributed by atoms with E-state index in [0.717, 1.165) is 35.3 Å². The molecule has 7 heteroatoms. The molecule has 0 aromatic heterocycles. The van der Waals surface area contributed by atoms with E-state index in [1.165, 1.54) is 45.8 Å². The monoisotopic (exact) mass is 614 g/mol. The molecule has 2 aliphatic rings. The molecule has 0 radical (unpaired) electrons. The van der Waals surface area contributed by atoms with Gasteiger partial charge in [0, 0.05) is 7.05 Å². The Balaban J connectivity index is 1.31. The molecule has 0 fully saturated rings. The minimum absolute atomic E-state index is 0.265. The minimum atomic E-state index is -0.393. The van der Waals surface area contributed by atoms with Crippen LogP contribution in [0.25, 0.3) is 0 Å². The molecule has 0 spiro atoms. The number of benzene rings is 4. The number of imide groups is 2. The second-order valence-corrected chi connectivity index (χ2v) is 12.0. The lowest BCUT2D eigenvalue weighted by atomic mass is 9.91. The fourth-order valence-corrected chi connectivity index (χ4v) is 6.77. The number of ether oxygens (including phenoxy) is 1. The number of anilines is 1. The van der Waals surface area contributed by atoms with Crippen molar-refractivity contribution in [1.29, 1.82) is 0 Å². The molecule has 2 aliphatic heterocycles. The van der Waals surface area contributed by atoms with Crippen LogP contribution >= 0.6 is 0 Å². The Labute approximate surface area is 269 Å². The molecule has 0 aliphatic carbocycles. The standard InChI is InChI=1S/C39H38N2O5/c1-7-25-16-23(17-26(8-2)22(25)5)15-24-18-27(9-3)35(28(10-4)19-24)41-38(44)32-14-12-30(21-34(32)39(41)45)46-29-11-13-31-33(20-29)37(43)40(6)36(31)42/h11-14,16-21H,7-10,15H2,1-6H3. The summed E-state index contributed by atoms with van der Waals surface area (Å²) >= 11 is 0. The normalized spacial score (nSPS) is 14.0. The number of fused-ring (bicyclic) bond motifs is 2. The summed E-state index contributed by atoms with van der Waals surface area (Å²) in [7, 11) is 1.44. The molecule has 46 heavy (non-hydrogen) atoms. The Hall–Kier alpha value is -5.04. The molecule has 0 N–H and O–H groups in total. The number of aryl methyl sites for hydroxylation is 4. The van der Waals surface area contributed by atoms with Crippen LogP contribution in [0.4, 0.5) is 5.69 Å². The predicted molar refractivity (Wildman–Crippen MR) is 178 cm³/mol. The first-order chi connectivity index (χ1) is 22.1. The van der Waals surface area contributed by atoms with Gasteiger partial charge in [-0.3, -0.25) is 24.1 Å². The van der Waals surface area contributed by atoms with Gasteiger partial charge in [0.05, 0.1) is 27.9 Å². The highest BCUT2D eigenvalue weighted by atomic mass is 16.5. The smallest absolute Gasteiger partial charge is 0.266 e. The van der Waals surface area contributed by atoms with Gasteiger partial charge in [0.2, 0.25) is 0 Å². The lowest BCUT2D eigenvalue weighted by molar-refractivity contribution is 0.0692. The third-order valence-corrected chi connectivity index (χ3v) is 9.32. The summed E-state index contributed by atoms with van der Waals surface area (Å²) in [6.07, 6.45) is 4.10. The third-order valence-electron chi connectivity index (χ3n) is 9.32. The van der Waals surface area contributed by atoms with Crippen LogP contribution in [-0.4, -0.2) is 35.6 Å². The number of nitrogens with zero attached hydrogens (tertiary/aromatic N) is 2. The molecule has 234 valence electrons. The van der Waals surface area contributed by atoms with Crippen molar-refractivity contribution >= 4 is 29.3 Å².